The number of nitrogens with zero attached hydrogens (tertiary/aromatic N) is 1. The first-order valence-corrected chi connectivity index (χ1v) is 13.9. The number of carbonyl (C=O) groups excluding carboxylic acids is 1. The van der Waals surface area contributed by atoms with Crippen LogP contribution in [0.4, 0.5) is 10.1 Å². The van der Waals surface area contributed by atoms with E-state index in [-0.39, 0.29) is 10.7 Å². The summed E-state index contributed by atoms with van der Waals surface area (Å²) >= 11 is 7.39. The van der Waals surface area contributed by atoms with Crippen LogP contribution in [0.25, 0.3) is 0 Å². The second-order valence-corrected chi connectivity index (χ2v) is 10.8. The Morgan fingerprint density at radius 1 is 1.06 bits per heavy atom. The molecule has 186 valence electrons. The van der Waals surface area contributed by atoms with Crippen LogP contribution in [0.3, 0.4) is 0 Å². The Hall–Kier alpha value is -2.75. The van der Waals surface area contributed by atoms with Crippen LogP contribution in [-0.2, 0) is 20.6 Å². The second kappa shape index (κ2) is 12.8. The average molecular weight is 537 g/mol. The number of sulfonamides is 1. The Morgan fingerprint density at radius 3 is 2.40 bits per heavy atom. The largest absolute Gasteiger partial charge is 0.494 e. The summed E-state index contributed by atoms with van der Waals surface area (Å²) in [6.45, 7) is 2.24. The molecule has 0 atom stereocenters. The maximum atomic E-state index is 13.7. The van der Waals surface area contributed by atoms with Crippen molar-refractivity contribution in [1.82, 2.24) is 5.32 Å². The van der Waals surface area contributed by atoms with Gasteiger partial charge < -0.3 is 10.1 Å². The number of amides is 1. The predicted octanol–water partition coefficient (Wildman–Crippen LogP) is 5.12. The van der Waals surface area contributed by atoms with E-state index in [4.69, 9.17) is 16.3 Å². The highest BCUT2D eigenvalue weighted by molar-refractivity contribution is 7.98. The lowest BCUT2D eigenvalue weighted by Crippen LogP contribution is -2.41. The van der Waals surface area contributed by atoms with E-state index in [0.717, 1.165) is 4.31 Å². The van der Waals surface area contributed by atoms with Crippen molar-refractivity contribution in [3.05, 3.63) is 89.2 Å². The van der Waals surface area contributed by atoms with Crippen molar-refractivity contribution in [2.24, 2.45) is 0 Å². The fraction of sp³-hybridized carbons (Fsp3) is 0.240. The van der Waals surface area contributed by atoms with Gasteiger partial charge in [0.25, 0.3) is 10.0 Å². The first-order valence-electron chi connectivity index (χ1n) is 10.9. The molecule has 0 radical (unpaired) electrons. The molecule has 0 fully saturated rings. The summed E-state index contributed by atoms with van der Waals surface area (Å²) in [7, 11) is -4.04. The van der Waals surface area contributed by atoms with Gasteiger partial charge in [-0.15, -0.1) is 0 Å². The van der Waals surface area contributed by atoms with Crippen molar-refractivity contribution in [2.75, 3.05) is 29.8 Å². The molecule has 1 amide bonds. The molecule has 1 N–H and O–H groups in total. The molecular weight excluding hydrogens is 511 g/mol. The fourth-order valence-electron chi connectivity index (χ4n) is 3.17. The maximum absolute atomic E-state index is 13.7. The maximum Gasteiger partial charge on any atom is 0.264 e. The number of hydrogen-bond acceptors (Lipinski definition) is 5. The number of ether oxygens (including phenoxy) is 1. The van der Waals surface area contributed by atoms with Gasteiger partial charge in [0.1, 0.15) is 18.1 Å². The molecule has 6 nitrogen and oxygen atoms in total. The fourth-order valence-corrected chi connectivity index (χ4v) is 5.56. The molecule has 3 aromatic rings. The van der Waals surface area contributed by atoms with Gasteiger partial charge in [0, 0.05) is 23.1 Å². The number of hydrogen-bond donors (Lipinski definition) is 1. The molecule has 3 aromatic carbocycles. The van der Waals surface area contributed by atoms with Crippen molar-refractivity contribution in [3.63, 3.8) is 0 Å². The number of nitrogens with one attached hydrogen (secondary N) is 1. The third-order valence-corrected chi connectivity index (χ3v) is 7.96. The minimum atomic E-state index is -4.04. The van der Waals surface area contributed by atoms with Crippen LogP contribution in [0.2, 0.25) is 5.02 Å². The highest BCUT2D eigenvalue weighted by Gasteiger charge is 2.27. The lowest BCUT2D eigenvalue weighted by molar-refractivity contribution is -0.119. The van der Waals surface area contributed by atoms with E-state index in [1.165, 1.54) is 42.1 Å². The van der Waals surface area contributed by atoms with Crippen molar-refractivity contribution >= 4 is 45.0 Å². The van der Waals surface area contributed by atoms with Gasteiger partial charge in [0.05, 0.1) is 17.2 Å². The Bertz CT molecular complexity index is 1220. The normalized spacial score (nSPS) is 11.2. The zero-order valence-corrected chi connectivity index (χ0v) is 21.5. The highest BCUT2D eigenvalue weighted by atomic mass is 35.5. The summed E-state index contributed by atoms with van der Waals surface area (Å²) in [4.78, 5) is 12.7. The predicted molar refractivity (Wildman–Crippen MR) is 139 cm³/mol. The minimum Gasteiger partial charge on any atom is -0.494 e. The Labute approximate surface area is 214 Å². The Kier molecular flexibility index (Phi) is 9.83. The van der Waals surface area contributed by atoms with Crippen LogP contribution in [0.15, 0.2) is 77.7 Å². The van der Waals surface area contributed by atoms with Crippen LogP contribution >= 0.6 is 23.4 Å². The molecule has 0 aromatic heterocycles. The quantitative estimate of drug-likeness (QED) is 0.325. The van der Waals surface area contributed by atoms with Gasteiger partial charge in [-0.05, 0) is 67.1 Å². The number of halogens is 2. The number of thioether (sulfide) groups is 1. The zero-order valence-electron chi connectivity index (χ0n) is 19.1. The van der Waals surface area contributed by atoms with E-state index in [1.54, 1.807) is 42.5 Å². The molecule has 0 aliphatic carbocycles. The van der Waals surface area contributed by atoms with Gasteiger partial charge in [0.2, 0.25) is 5.91 Å². The van der Waals surface area contributed by atoms with E-state index < -0.39 is 22.5 Å². The van der Waals surface area contributed by atoms with Crippen molar-refractivity contribution < 1.29 is 22.3 Å². The van der Waals surface area contributed by atoms with Crippen LogP contribution in [0, 0.1) is 5.82 Å². The van der Waals surface area contributed by atoms with E-state index in [1.807, 2.05) is 6.92 Å². The molecule has 0 bridgehead atoms. The molecule has 3 rings (SSSR count). The van der Waals surface area contributed by atoms with Gasteiger partial charge in [-0.25, -0.2) is 12.8 Å². The molecule has 0 unspecified atom stereocenters. The summed E-state index contributed by atoms with van der Waals surface area (Å²) < 4.78 is 47.0. The minimum absolute atomic E-state index is 0.0176. The first-order chi connectivity index (χ1) is 16.8. The summed E-state index contributed by atoms with van der Waals surface area (Å²) in [5.74, 6) is 0.903. The molecule has 10 heteroatoms. The highest BCUT2D eigenvalue weighted by Crippen LogP contribution is 2.26. The standard InChI is InChI=1S/C25H26ClFN2O4S2/c1-2-33-22-11-9-21(10-12-22)29(35(31,32)23-13-7-20(26)8-14-23)17-25(30)28-15-16-34-18-19-5-3-4-6-24(19)27/h3-14H,2,15-18H2,1H3,(H,28,30). The molecule has 0 aliphatic rings. The summed E-state index contributed by atoms with van der Waals surface area (Å²) in [5.41, 5.74) is 0.923. The van der Waals surface area contributed by atoms with Crippen LogP contribution in [0.1, 0.15) is 12.5 Å². The molecule has 0 spiro atoms. The van der Waals surface area contributed by atoms with Crippen LogP contribution < -0.4 is 14.4 Å². The topological polar surface area (TPSA) is 75.7 Å². The van der Waals surface area contributed by atoms with Crippen LogP contribution in [-0.4, -0.2) is 39.8 Å². The van der Waals surface area contributed by atoms with Crippen LogP contribution in [0.5, 0.6) is 5.75 Å². The molecular formula is C25H26ClFN2O4S2. The van der Waals surface area contributed by atoms with Crippen molar-refractivity contribution in [1.29, 1.82) is 0 Å². The summed E-state index contributed by atoms with van der Waals surface area (Å²) in [6, 6.07) is 18.8. The Balaban J connectivity index is 1.67. The lowest BCUT2D eigenvalue weighted by atomic mass is 10.2. The third kappa shape index (κ3) is 7.62. The van der Waals surface area contributed by atoms with Crippen molar-refractivity contribution in [2.45, 2.75) is 17.6 Å². The molecule has 35 heavy (non-hydrogen) atoms. The van der Waals surface area contributed by atoms with E-state index in [0.29, 0.717) is 46.7 Å². The van der Waals surface area contributed by atoms with Gasteiger partial charge in [-0.3, -0.25) is 9.10 Å². The SMILES string of the molecule is CCOc1ccc(N(CC(=O)NCCSCc2ccccc2F)S(=O)(=O)c2ccc(Cl)cc2)cc1. The lowest BCUT2D eigenvalue weighted by Gasteiger charge is -2.24. The second-order valence-electron chi connectivity index (χ2n) is 7.39. The van der Waals surface area contributed by atoms with Gasteiger partial charge >= 0.3 is 0 Å². The third-order valence-electron chi connectivity index (χ3n) is 4.91. The number of rotatable bonds is 12. The van der Waals surface area contributed by atoms with E-state index in [9.17, 15) is 17.6 Å². The number of anilines is 1. The molecule has 0 aliphatic heterocycles. The summed E-state index contributed by atoms with van der Waals surface area (Å²) in [5, 5.41) is 3.15. The number of benzene rings is 3. The molecule has 0 saturated heterocycles. The monoisotopic (exact) mass is 536 g/mol. The average Bonchev–Trinajstić information content (AvgIpc) is 2.84. The van der Waals surface area contributed by atoms with Crippen molar-refractivity contribution in [3.8, 4) is 5.75 Å². The Morgan fingerprint density at radius 2 is 1.74 bits per heavy atom. The van der Waals surface area contributed by atoms with Gasteiger partial charge in [0.15, 0.2) is 0 Å². The smallest absolute Gasteiger partial charge is 0.264 e. The van der Waals surface area contributed by atoms with Gasteiger partial charge in [-0.1, -0.05) is 29.8 Å². The first kappa shape index (κ1) is 26.8. The summed E-state index contributed by atoms with van der Waals surface area (Å²) in [6.07, 6.45) is 0. The van der Waals surface area contributed by atoms with E-state index >= 15 is 0 Å². The number of carbonyl (C=O) groups is 1. The van der Waals surface area contributed by atoms with E-state index in [2.05, 4.69) is 5.32 Å². The van der Waals surface area contributed by atoms with Gasteiger partial charge in [-0.2, -0.15) is 11.8 Å². The molecule has 0 heterocycles. The zero-order chi connectivity index (χ0) is 25.3. The molecule has 0 saturated carbocycles.